The number of hydrogen-bond acceptors (Lipinski definition) is 4. The molecule has 3 heterocycles. The van der Waals surface area contributed by atoms with Gasteiger partial charge >= 0.3 is 0 Å². The molecule has 0 amide bonds. The van der Waals surface area contributed by atoms with Crippen LogP contribution in [0.15, 0.2) is 47.7 Å². The fraction of sp³-hybridized carbons (Fsp3) is 0.364. The Balaban J connectivity index is 1.45. The van der Waals surface area contributed by atoms with Crippen LogP contribution in [0.4, 0.5) is 9.52 Å². The summed E-state index contributed by atoms with van der Waals surface area (Å²) in [4.78, 5) is 9.03. The molecule has 0 bridgehead atoms. The average Bonchev–Trinajstić information content (AvgIpc) is 3.34. The molecule has 5 rings (SSSR count). The second-order valence-corrected chi connectivity index (χ2v) is 8.90. The van der Waals surface area contributed by atoms with Crippen LogP contribution in [0.3, 0.4) is 0 Å². The Morgan fingerprint density at radius 1 is 1.29 bits per heavy atom. The van der Waals surface area contributed by atoms with E-state index in [2.05, 4.69) is 32.9 Å². The van der Waals surface area contributed by atoms with Gasteiger partial charge in [0.2, 0.25) is 0 Å². The van der Waals surface area contributed by atoms with E-state index in [4.69, 9.17) is 0 Å². The Morgan fingerprint density at radius 2 is 2.14 bits per heavy atom. The molecule has 0 saturated heterocycles. The van der Waals surface area contributed by atoms with Crippen LogP contribution in [0.1, 0.15) is 31.9 Å². The smallest absolute Gasteiger partial charge is 0.182 e. The highest BCUT2D eigenvalue weighted by Crippen LogP contribution is 2.50. The SMILES string of the molecule is C[C@]12Cn3cnc(-c4ccc(F)cc4)c3C=C1CCC[C@@H]2CNc1nccs1. The van der Waals surface area contributed by atoms with E-state index < -0.39 is 0 Å². The lowest BCUT2D eigenvalue weighted by Crippen LogP contribution is -2.42. The molecule has 1 fully saturated rings. The Hall–Kier alpha value is -2.47. The molecular formula is C22H23FN4S. The number of nitrogens with one attached hydrogen (secondary N) is 1. The first-order valence-corrected chi connectivity index (χ1v) is 10.7. The number of imidazole rings is 1. The van der Waals surface area contributed by atoms with Gasteiger partial charge in [-0.1, -0.05) is 12.5 Å². The Labute approximate surface area is 168 Å². The number of nitrogens with zero attached hydrogens (tertiary/aromatic N) is 3. The highest BCUT2D eigenvalue weighted by Gasteiger charge is 2.43. The van der Waals surface area contributed by atoms with Crippen LogP contribution in [0, 0.1) is 17.2 Å². The van der Waals surface area contributed by atoms with Gasteiger partial charge in [-0.05, 0) is 55.5 Å². The highest BCUT2D eigenvalue weighted by molar-refractivity contribution is 7.13. The van der Waals surface area contributed by atoms with Gasteiger partial charge in [-0.3, -0.25) is 0 Å². The van der Waals surface area contributed by atoms with Crippen LogP contribution < -0.4 is 5.32 Å². The molecule has 2 aliphatic rings. The Morgan fingerprint density at radius 3 is 2.93 bits per heavy atom. The molecule has 0 unspecified atom stereocenters. The summed E-state index contributed by atoms with van der Waals surface area (Å²) in [5, 5.41) is 6.54. The van der Waals surface area contributed by atoms with Crippen molar-refractivity contribution in [3.63, 3.8) is 0 Å². The van der Waals surface area contributed by atoms with E-state index >= 15 is 0 Å². The van der Waals surface area contributed by atoms with Gasteiger partial charge in [0.25, 0.3) is 0 Å². The molecule has 3 aromatic rings. The largest absolute Gasteiger partial charge is 0.361 e. The van der Waals surface area contributed by atoms with E-state index in [0.717, 1.165) is 41.6 Å². The fourth-order valence-corrected chi connectivity index (χ4v) is 5.28. The molecule has 1 N–H and O–H groups in total. The number of thiazole rings is 1. The number of aromatic nitrogens is 3. The van der Waals surface area contributed by atoms with Crippen molar-refractivity contribution in [1.29, 1.82) is 0 Å². The Bertz CT molecular complexity index is 1010. The van der Waals surface area contributed by atoms with Crippen LogP contribution >= 0.6 is 11.3 Å². The second-order valence-electron chi connectivity index (χ2n) is 8.01. The fourth-order valence-electron chi connectivity index (χ4n) is 4.74. The van der Waals surface area contributed by atoms with Gasteiger partial charge in [0.05, 0.1) is 17.7 Å². The number of halogens is 1. The number of fused-ring (bicyclic) bond motifs is 2. The first-order valence-electron chi connectivity index (χ1n) is 9.79. The maximum absolute atomic E-state index is 13.3. The molecule has 28 heavy (non-hydrogen) atoms. The quantitative estimate of drug-likeness (QED) is 0.639. The summed E-state index contributed by atoms with van der Waals surface area (Å²) in [6, 6.07) is 6.63. The molecule has 4 nitrogen and oxygen atoms in total. The van der Waals surface area contributed by atoms with Gasteiger partial charge in [-0.15, -0.1) is 11.3 Å². The lowest BCUT2D eigenvalue weighted by Gasteiger charge is -2.46. The molecule has 2 atom stereocenters. The van der Waals surface area contributed by atoms with Gasteiger partial charge < -0.3 is 9.88 Å². The summed E-state index contributed by atoms with van der Waals surface area (Å²) < 4.78 is 15.6. The molecule has 1 aliphatic carbocycles. The van der Waals surface area contributed by atoms with Crippen molar-refractivity contribution in [2.24, 2.45) is 11.3 Å². The van der Waals surface area contributed by atoms with E-state index in [1.807, 2.05) is 30.0 Å². The van der Waals surface area contributed by atoms with Crippen molar-refractivity contribution < 1.29 is 4.39 Å². The average molecular weight is 395 g/mol. The zero-order valence-corrected chi connectivity index (χ0v) is 16.7. The van der Waals surface area contributed by atoms with Crippen LogP contribution in [-0.4, -0.2) is 21.1 Å². The van der Waals surface area contributed by atoms with Crippen molar-refractivity contribution in [2.75, 3.05) is 11.9 Å². The minimum absolute atomic E-state index is 0.121. The van der Waals surface area contributed by atoms with Crippen molar-refractivity contribution >= 4 is 22.5 Å². The number of benzene rings is 1. The maximum atomic E-state index is 13.3. The molecule has 1 saturated carbocycles. The first kappa shape index (κ1) is 17.6. The number of allylic oxidation sites excluding steroid dienone is 1. The van der Waals surface area contributed by atoms with E-state index in [1.54, 1.807) is 11.3 Å². The second kappa shape index (κ2) is 6.85. The number of anilines is 1. The summed E-state index contributed by atoms with van der Waals surface area (Å²) in [6.45, 7) is 4.27. The molecular weight excluding hydrogens is 371 g/mol. The Kier molecular flexibility index (Phi) is 4.31. The molecule has 2 aromatic heterocycles. The normalized spacial score (nSPS) is 23.6. The summed E-state index contributed by atoms with van der Waals surface area (Å²) in [5.74, 6) is 0.340. The molecule has 0 spiro atoms. The third-order valence-electron chi connectivity index (χ3n) is 6.37. The zero-order chi connectivity index (χ0) is 19.1. The van der Waals surface area contributed by atoms with Gasteiger partial charge in [-0.2, -0.15) is 0 Å². The lowest BCUT2D eigenvalue weighted by atomic mass is 9.63. The molecule has 6 heteroatoms. The number of hydrogen-bond donors (Lipinski definition) is 1. The highest BCUT2D eigenvalue weighted by atomic mass is 32.1. The van der Waals surface area contributed by atoms with Crippen LogP contribution in [-0.2, 0) is 6.54 Å². The summed E-state index contributed by atoms with van der Waals surface area (Å²) in [5.41, 5.74) is 4.69. The van der Waals surface area contributed by atoms with Gasteiger partial charge in [-0.25, -0.2) is 14.4 Å². The number of rotatable bonds is 4. The van der Waals surface area contributed by atoms with Crippen molar-refractivity contribution in [1.82, 2.24) is 14.5 Å². The minimum atomic E-state index is -0.217. The van der Waals surface area contributed by atoms with Crippen LogP contribution in [0.2, 0.25) is 0 Å². The monoisotopic (exact) mass is 394 g/mol. The van der Waals surface area contributed by atoms with Gasteiger partial charge in [0.1, 0.15) is 5.82 Å². The van der Waals surface area contributed by atoms with Gasteiger partial charge in [0, 0.05) is 35.6 Å². The molecule has 0 radical (unpaired) electrons. The molecule has 1 aliphatic heterocycles. The van der Waals surface area contributed by atoms with E-state index in [0.29, 0.717) is 5.92 Å². The van der Waals surface area contributed by atoms with E-state index in [1.165, 1.54) is 30.5 Å². The van der Waals surface area contributed by atoms with Crippen molar-refractivity contribution in [3.8, 4) is 11.3 Å². The predicted molar refractivity (Wildman–Crippen MR) is 112 cm³/mol. The first-order chi connectivity index (χ1) is 13.6. The third-order valence-corrected chi connectivity index (χ3v) is 7.10. The summed E-state index contributed by atoms with van der Waals surface area (Å²) >= 11 is 1.65. The maximum Gasteiger partial charge on any atom is 0.182 e. The third kappa shape index (κ3) is 2.96. The van der Waals surface area contributed by atoms with Crippen LogP contribution in [0.25, 0.3) is 17.3 Å². The van der Waals surface area contributed by atoms with Crippen molar-refractivity contribution in [2.45, 2.75) is 32.7 Å². The van der Waals surface area contributed by atoms with Crippen LogP contribution in [0.5, 0.6) is 0 Å². The predicted octanol–water partition coefficient (Wildman–Crippen LogP) is 5.46. The lowest BCUT2D eigenvalue weighted by molar-refractivity contribution is 0.162. The summed E-state index contributed by atoms with van der Waals surface area (Å²) in [7, 11) is 0. The van der Waals surface area contributed by atoms with E-state index in [-0.39, 0.29) is 11.2 Å². The topological polar surface area (TPSA) is 42.7 Å². The minimum Gasteiger partial charge on any atom is -0.361 e. The zero-order valence-electron chi connectivity index (χ0n) is 15.9. The standard InChI is InChI=1S/C22H23FN4S/c1-22-13-27-14-26-20(15-5-7-18(23)8-6-15)19(27)11-16(22)3-2-4-17(22)12-25-21-24-9-10-28-21/h5-11,14,17H,2-4,12-13H2,1H3,(H,24,25)/t17-,22+/m1/s1. The summed E-state index contributed by atoms with van der Waals surface area (Å²) in [6.07, 6.45) is 9.69. The van der Waals surface area contributed by atoms with Crippen molar-refractivity contribution in [3.05, 3.63) is 59.3 Å². The van der Waals surface area contributed by atoms with Gasteiger partial charge in [0.15, 0.2) is 5.13 Å². The molecule has 1 aromatic carbocycles. The molecule has 144 valence electrons. The van der Waals surface area contributed by atoms with E-state index in [9.17, 15) is 4.39 Å².